The summed E-state index contributed by atoms with van der Waals surface area (Å²) >= 11 is 0. The van der Waals surface area contributed by atoms with Crippen molar-refractivity contribution < 1.29 is 8.42 Å². The standard InChI is InChI=1S/C23H26N4O3S/c1-17-4-7-20(8-5-17)27-23(28)11-10-22(24-27)25-12-14-26(15-13-25)31(29,30)21-9-6-18(2)19(3)16-21/h4-11,16H,12-15H2,1-3H3. The van der Waals surface area contributed by atoms with Gasteiger partial charge >= 0.3 is 0 Å². The fourth-order valence-electron chi connectivity index (χ4n) is 3.62. The van der Waals surface area contributed by atoms with Crippen molar-refractivity contribution in [1.82, 2.24) is 14.1 Å². The molecule has 1 aromatic heterocycles. The zero-order valence-electron chi connectivity index (χ0n) is 17.9. The topological polar surface area (TPSA) is 75.5 Å². The summed E-state index contributed by atoms with van der Waals surface area (Å²) in [5, 5.41) is 4.52. The number of hydrogen-bond acceptors (Lipinski definition) is 5. The molecule has 2 aromatic carbocycles. The van der Waals surface area contributed by atoms with Gasteiger partial charge < -0.3 is 4.90 Å². The zero-order chi connectivity index (χ0) is 22.2. The van der Waals surface area contributed by atoms with Crippen molar-refractivity contribution in [3.05, 3.63) is 81.6 Å². The van der Waals surface area contributed by atoms with E-state index in [0.717, 1.165) is 16.7 Å². The van der Waals surface area contributed by atoms with Crippen LogP contribution in [0.1, 0.15) is 16.7 Å². The van der Waals surface area contributed by atoms with Gasteiger partial charge in [0.2, 0.25) is 10.0 Å². The molecule has 2 heterocycles. The Kier molecular flexibility index (Phi) is 5.68. The van der Waals surface area contributed by atoms with Crippen molar-refractivity contribution >= 4 is 15.8 Å². The Balaban J connectivity index is 1.52. The highest BCUT2D eigenvalue weighted by atomic mass is 32.2. The van der Waals surface area contributed by atoms with Gasteiger partial charge in [0.25, 0.3) is 5.56 Å². The van der Waals surface area contributed by atoms with E-state index in [1.165, 1.54) is 15.1 Å². The fourth-order valence-corrected chi connectivity index (χ4v) is 5.13. The molecule has 1 aliphatic rings. The SMILES string of the molecule is Cc1ccc(-n2nc(N3CCN(S(=O)(=O)c4ccc(C)c(C)c4)CC3)ccc2=O)cc1. The first-order chi connectivity index (χ1) is 14.8. The van der Waals surface area contributed by atoms with Crippen LogP contribution in [-0.4, -0.2) is 48.7 Å². The lowest BCUT2D eigenvalue weighted by Gasteiger charge is -2.34. The summed E-state index contributed by atoms with van der Waals surface area (Å²) in [5.41, 5.74) is 3.63. The summed E-state index contributed by atoms with van der Waals surface area (Å²) in [7, 11) is -3.54. The van der Waals surface area contributed by atoms with Gasteiger partial charge in [-0.2, -0.15) is 8.99 Å². The first-order valence-corrected chi connectivity index (χ1v) is 11.7. The number of aryl methyl sites for hydroxylation is 3. The van der Waals surface area contributed by atoms with Gasteiger partial charge in [-0.1, -0.05) is 23.8 Å². The number of anilines is 1. The third-order valence-corrected chi connectivity index (χ3v) is 7.64. The average Bonchev–Trinajstić information content (AvgIpc) is 2.77. The Bertz CT molecular complexity index is 1260. The van der Waals surface area contributed by atoms with E-state index >= 15 is 0 Å². The molecule has 8 heteroatoms. The second kappa shape index (κ2) is 8.28. The number of benzene rings is 2. The Labute approximate surface area is 182 Å². The van der Waals surface area contributed by atoms with Crippen LogP contribution < -0.4 is 10.5 Å². The van der Waals surface area contributed by atoms with Crippen molar-refractivity contribution in [3.63, 3.8) is 0 Å². The predicted molar refractivity (Wildman–Crippen MR) is 121 cm³/mol. The van der Waals surface area contributed by atoms with Gasteiger partial charge in [0.1, 0.15) is 5.82 Å². The van der Waals surface area contributed by atoms with Gasteiger partial charge in [-0.3, -0.25) is 4.79 Å². The molecule has 31 heavy (non-hydrogen) atoms. The minimum atomic E-state index is -3.54. The normalized spacial score (nSPS) is 15.3. The maximum absolute atomic E-state index is 13.1. The van der Waals surface area contributed by atoms with Gasteiger partial charge in [0, 0.05) is 32.2 Å². The van der Waals surface area contributed by atoms with Crippen LogP contribution in [0.5, 0.6) is 0 Å². The van der Waals surface area contributed by atoms with Crippen LogP contribution in [0.4, 0.5) is 5.82 Å². The third-order valence-electron chi connectivity index (χ3n) is 5.74. The summed E-state index contributed by atoms with van der Waals surface area (Å²) in [5.74, 6) is 0.656. The van der Waals surface area contributed by atoms with Gasteiger partial charge in [-0.15, -0.1) is 5.10 Å². The molecule has 1 fully saturated rings. The second-order valence-electron chi connectivity index (χ2n) is 7.91. The molecule has 0 saturated carbocycles. The van der Waals surface area contributed by atoms with Crippen molar-refractivity contribution in [3.8, 4) is 5.69 Å². The molecular formula is C23H26N4O3S. The van der Waals surface area contributed by atoms with Crippen molar-refractivity contribution in [2.45, 2.75) is 25.7 Å². The Morgan fingerprint density at radius 2 is 1.48 bits per heavy atom. The van der Waals surface area contributed by atoms with Crippen LogP contribution in [0, 0.1) is 20.8 Å². The highest BCUT2D eigenvalue weighted by Gasteiger charge is 2.29. The zero-order valence-corrected chi connectivity index (χ0v) is 18.8. The van der Waals surface area contributed by atoms with Gasteiger partial charge in [-0.05, 0) is 62.2 Å². The van der Waals surface area contributed by atoms with E-state index in [1.807, 2.05) is 56.0 Å². The number of rotatable bonds is 4. The fraction of sp³-hybridized carbons (Fsp3) is 0.304. The van der Waals surface area contributed by atoms with Crippen LogP contribution in [0.2, 0.25) is 0 Å². The van der Waals surface area contributed by atoms with E-state index < -0.39 is 10.0 Å². The van der Waals surface area contributed by atoms with E-state index in [9.17, 15) is 13.2 Å². The lowest BCUT2D eigenvalue weighted by Crippen LogP contribution is -2.49. The Hall–Kier alpha value is -2.97. The number of piperazine rings is 1. The molecule has 0 bridgehead atoms. The van der Waals surface area contributed by atoms with E-state index in [-0.39, 0.29) is 5.56 Å². The largest absolute Gasteiger partial charge is 0.353 e. The molecule has 4 rings (SSSR count). The molecule has 0 amide bonds. The van der Waals surface area contributed by atoms with Crippen LogP contribution >= 0.6 is 0 Å². The summed E-state index contributed by atoms with van der Waals surface area (Å²) in [4.78, 5) is 14.7. The van der Waals surface area contributed by atoms with Gasteiger partial charge in [-0.25, -0.2) is 8.42 Å². The second-order valence-corrected chi connectivity index (χ2v) is 9.85. The molecule has 0 spiro atoms. The lowest BCUT2D eigenvalue weighted by molar-refractivity contribution is 0.383. The molecule has 0 atom stereocenters. The molecule has 0 radical (unpaired) electrons. The molecule has 0 aliphatic carbocycles. The van der Waals surface area contributed by atoms with Crippen LogP contribution in [-0.2, 0) is 10.0 Å². The summed E-state index contributed by atoms with van der Waals surface area (Å²) in [6.45, 7) is 7.60. The minimum Gasteiger partial charge on any atom is -0.353 e. The van der Waals surface area contributed by atoms with E-state index in [1.54, 1.807) is 18.2 Å². The molecule has 1 aliphatic heterocycles. The number of aromatic nitrogens is 2. The van der Waals surface area contributed by atoms with Gasteiger partial charge in [0.15, 0.2) is 0 Å². The molecule has 0 N–H and O–H groups in total. The average molecular weight is 439 g/mol. The molecule has 162 valence electrons. The molecule has 7 nitrogen and oxygen atoms in total. The molecule has 0 unspecified atom stereocenters. The smallest absolute Gasteiger partial charge is 0.271 e. The Morgan fingerprint density at radius 1 is 0.806 bits per heavy atom. The highest BCUT2D eigenvalue weighted by molar-refractivity contribution is 7.89. The van der Waals surface area contributed by atoms with E-state index in [2.05, 4.69) is 5.10 Å². The summed E-state index contributed by atoms with van der Waals surface area (Å²) < 4.78 is 29.0. The lowest BCUT2D eigenvalue weighted by atomic mass is 10.1. The van der Waals surface area contributed by atoms with Crippen LogP contribution in [0.25, 0.3) is 5.69 Å². The Morgan fingerprint density at radius 3 is 2.13 bits per heavy atom. The van der Waals surface area contributed by atoms with Gasteiger partial charge in [0.05, 0.1) is 10.6 Å². The number of nitrogens with zero attached hydrogens (tertiary/aromatic N) is 4. The number of sulfonamides is 1. The number of hydrogen-bond donors (Lipinski definition) is 0. The van der Waals surface area contributed by atoms with Crippen molar-refractivity contribution in [1.29, 1.82) is 0 Å². The first-order valence-electron chi connectivity index (χ1n) is 10.3. The van der Waals surface area contributed by atoms with Crippen molar-refractivity contribution in [2.24, 2.45) is 0 Å². The van der Waals surface area contributed by atoms with E-state index in [4.69, 9.17) is 0 Å². The quantitative estimate of drug-likeness (QED) is 0.626. The maximum Gasteiger partial charge on any atom is 0.271 e. The minimum absolute atomic E-state index is 0.205. The molecule has 1 saturated heterocycles. The molecule has 3 aromatic rings. The summed E-state index contributed by atoms with van der Waals surface area (Å²) in [6.07, 6.45) is 0. The molecular weight excluding hydrogens is 412 g/mol. The monoisotopic (exact) mass is 438 g/mol. The van der Waals surface area contributed by atoms with Crippen molar-refractivity contribution in [2.75, 3.05) is 31.1 Å². The third kappa shape index (κ3) is 4.26. The predicted octanol–water partition coefficient (Wildman–Crippen LogP) is 2.67. The van der Waals surface area contributed by atoms with Crippen LogP contribution in [0.3, 0.4) is 0 Å². The highest BCUT2D eigenvalue weighted by Crippen LogP contribution is 2.22. The first kappa shape index (κ1) is 21.3. The van der Waals surface area contributed by atoms with E-state index in [0.29, 0.717) is 42.6 Å². The van der Waals surface area contributed by atoms with Crippen LogP contribution in [0.15, 0.2) is 64.3 Å². The summed E-state index contributed by atoms with van der Waals surface area (Å²) in [6, 6.07) is 16.0. The maximum atomic E-state index is 13.1.